The van der Waals surface area contributed by atoms with Crippen molar-refractivity contribution in [2.75, 3.05) is 0 Å². The molecule has 0 amide bonds. The normalized spacial score (nSPS) is 9.95. The molecule has 2 aromatic carbocycles. The summed E-state index contributed by atoms with van der Waals surface area (Å²) in [5.74, 6) is 0. The van der Waals surface area contributed by atoms with Gasteiger partial charge in [-0.15, -0.1) is 0 Å². The Morgan fingerprint density at radius 3 is 2.00 bits per heavy atom. The average molecular weight is 246 g/mol. The van der Waals surface area contributed by atoms with Crippen LogP contribution in [-0.2, 0) is 6.42 Å². The maximum Gasteiger partial charge on any atom is 1.00 e. The molecule has 0 saturated heterocycles. The predicted molar refractivity (Wildman–Crippen MR) is 80.8 cm³/mol. The van der Waals surface area contributed by atoms with Crippen LogP contribution in [0.3, 0.4) is 0 Å². The van der Waals surface area contributed by atoms with Crippen LogP contribution in [0.4, 0.5) is 0 Å². The molecule has 0 radical (unpaired) electrons. The topological polar surface area (TPSA) is 0 Å². The largest absolute Gasteiger partial charge is 1.00 e. The third-order valence-corrected chi connectivity index (χ3v) is 3.38. The number of unbranched alkanes of at least 4 members (excludes halogenated alkanes) is 3. The van der Waals surface area contributed by atoms with Gasteiger partial charge in [0.1, 0.15) is 0 Å². The van der Waals surface area contributed by atoms with Gasteiger partial charge >= 0.3 is 18.9 Å². The standard InChI is InChI=1S/C18H22.Li.H/c1-2-3-4-6-9-16-12-14-18(15-13-16)17-10-7-5-8-11-17;;/h5,7-8,10-15H,2-4,6,9H2,1H3;;/q;+1;-1. The monoisotopic (exact) mass is 246 g/mol. The van der Waals surface area contributed by atoms with Gasteiger partial charge in [-0.25, -0.2) is 0 Å². The van der Waals surface area contributed by atoms with Crippen LogP contribution in [0.2, 0.25) is 0 Å². The Bertz CT molecular complexity index is 451. The molecule has 0 spiro atoms. The van der Waals surface area contributed by atoms with Crippen molar-refractivity contribution in [2.45, 2.75) is 39.0 Å². The number of hydrogen-bond acceptors (Lipinski definition) is 0. The molecule has 0 unspecified atom stereocenters. The van der Waals surface area contributed by atoms with Crippen LogP contribution in [0.1, 0.15) is 39.6 Å². The van der Waals surface area contributed by atoms with Gasteiger partial charge < -0.3 is 1.43 Å². The zero-order valence-electron chi connectivity index (χ0n) is 13.2. The van der Waals surface area contributed by atoms with Crippen molar-refractivity contribution in [1.82, 2.24) is 0 Å². The molecule has 0 aliphatic carbocycles. The van der Waals surface area contributed by atoms with Crippen molar-refractivity contribution in [3.63, 3.8) is 0 Å². The minimum Gasteiger partial charge on any atom is -1.00 e. The number of benzene rings is 2. The fraction of sp³-hybridized carbons (Fsp3) is 0.333. The molecule has 96 valence electrons. The molecule has 1 heteroatoms. The Morgan fingerprint density at radius 1 is 0.737 bits per heavy atom. The van der Waals surface area contributed by atoms with E-state index in [2.05, 4.69) is 61.5 Å². The van der Waals surface area contributed by atoms with E-state index in [4.69, 9.17) is 0 Å². The second-order valence-corrected chi connectivity index (χ2v) is 4.87. The van der Waals surface area contributed by atoms with Gasteiger partial charge in [-0.2, -0.15) is 0 Å². The van der Waals surface area contributed by atoms with E-state index in [1.807, 2.05) is 0 Å². The van der Waals surface area contributed by atoms with Crippen LogP contribution in [0.25, 0.3) is 11.1 Å². The van der Waals surface area contributed by atoms with Crippen molar-refractivity contribution >= 4 is 0 Å². The van der Waals surface area contributed by atoms with E-state index in [0.29, 0.717) is 0 Å². The van der Waals surface area contributed by atoms with Gasteiger partial charge in [-0.3, -0.25) is 0 Å². The van der Waals surface area contributed by atoms with Gasteiger partial charge in [0, 0.05) is 0 Å². The first-order chi connectivity index (χ1) is 8.90. The minimum atomic E-state index is 0. The Balaban J connectivity index is 0.00000180. The molecular weight excluding hydrogens is 223 g/mol. The van der Waals surface area contributed by atoms with E-state index < -0.39 is 0 Å². The molecule has 0 aliphatic rings. The van der Waals surface area contributed by atoms with Crippen molar-refractivity contribution in [3.05, 3.63) is 60.2 Å². The fourth-order valence-corrected chi connectivity index (χ4v) is 2.25. The van der Waals surface area contributed by atoms with E-state index in [1.165, 1.54) is 48.8 Å². The second kappa shape index (κ2) is 9.02. The summed E-state index contributed by atoms with van der Waals surface area (Å²) in [7, 11) is 0. The molecule has 2 rings (SSSR count). The molecule has 0 fully saturated rings. The van der Waals surface area contributed by atoms with Gasteiger partial charge in [0.25, 0.3) is 0 Å². The van der Waals surface area contributed by atoms with Gasteiger partial charge in [0.05, 0.1) is 0 Å². The summed E-state index contributed by atoms with van der Waals surface area (Å²) in [4.78, 5) is 0. The summed E-state index contributed by atoms with van der Waals surface area (Å²) in [5.41, 5.74) is 4.08. The molecular formula is C18H23Li. The third-order valence-electron chi connectivity index (χ3n) is 3.38. The van der Waals surface area contributed by atoms with E-state index in [9.17, 15) is 0 Å². The molecule has 0 nitrogen and oxygen atoms in total. The summed E-state index contributed by atoms with van der Waals surface area (Å²) in [6.45, 7) is 2.26. The first-order valence-corrected chi connectivity index (χ1v) is 7.04. The average Bonchev–Trinajstić information content (AvgIpc) is 2.45. The molecule has 2 aromatic rings. The molecule has 0 saturated carbocycles. The molecule has 19 heavy (non-hydrogen) atoms. The van der Waals surface area contributed by atoms with Crippen molar-refractivity contribution in [2.24, 2.45) is 0 Å². The quantitative estimate of drug-likeness (QED) is 0.543. The van der Waals surface area contributed by atoms with E-state index in [0.717, 1.165) is 0 Å². The van der Waals surface area contributed by atoms with E-state index in [1.54, 1.807) is 0 Å². The SMILES string of the molecule is CCCCCCc1ccc(-c2ccccc2)cc1.[H-].[Li+]. The third kappa shape index (κ3) is 5.27. The number of aryl methyl sites for hydroxylation is 1. The van der Waals surface area contributed by atoms with Crippen LogP contribution in [-0.4, -0.2) is 0 Å². The van der Waals surface area contributed by atoms with Crippen LogP contribution in [0, 0.1) is 0 Å². The van der Waals surface area contributed by atoms with Crippen LogP contribution in [0.15, 0.2) is 54.6 Å². The van der Waals surface area contributed by atoms with Crippen molar-refractivity contribution < 1.29 is 20.3 Å². The number of hydrogen-bond donors (Lipinski definition) is 0. The van der Waals surface area contributed by atoms with Crippen molar-refractivity contribution in [3.8, 4) is 11.1 Å². The van der Waals surface area contributed by atoms with Gasteiger partial charge in [-0.05, 0) is 29.5 Å². The Morgan fingerprint density at radius 2 is 1.37 bits per heavy atom. The van der Waals surface area contributed by atoms with Crippen LogP contribution in [0.5, 0.6) is 0 Å². The zero-order chi connectivity index (χ0) is 12.6. The van der Waals surface area contributed by atoms with E-state index in [-0.39, 0.29) is 20.3 Å². The predicted octanol–water partition coefficient (Wildman–Crippen LogP) is 2.59. The summed E-state index contributed by atoms with van der Waals surface area (Å²) in [5, 5.41) is 0. The Kier molecular flexibility index (Phi) is 7.64. The van der Waals surface area contributed by atoms with Crippen molar-refractivity contribution in [1.29, 1.82) is 0 Å². The first-order valence-electron chi connectivity index (χ1n) is 7.04. The maximum atomic E-state index is 2.27. The van der Waals surface area contributed by atoms with Gasteiger partial charge in [-0.1, -0.05) is 80.8 Å². The maximum absolute atomic E-state index is 2.27. The molecule has 0 N–H and O–H groups in total. The summed E-state index contributed by atoms with van der Waals surface area (Å²) in [6, 6.07) is 19.6. The Labute approximate surface area is 130 Å². The minimum absolute atomic E-state index is 0. The molecule has 0 aliphatic heterocycles. The molecule has 0 heterocycles. The first kappa shape index (κ1) is 16.1. The summed E-state index contributed by atoms with van der Waals surface area (Å²) < 4.78 is 0. The number of rotatable bonds is 6. The molecule has 0 bridgehead atoms. The van der Waals surface area contributed by atoms with E-state index >= 15 is 0 Å². The smallest absolute Gasteiger partial charge is 1.00 e. The van der Waals surface area contributed by atoms with Gasteiger partial charge in [0.15, 0.2) is 0 Å². The molecule has 0 atom stereocenters. The van der Waals surface area contributed by atoms with Gasteiger partial charge in [0.2, 0.25) is 0 Å². The Hall–Kier alpha value is -0.963. The van der Waals surface area contributed by atoms with Crippen LogP contribution >= 0.6 is 0 Å². The zero-order valence-corrected chi connectivity index (χ0v) is 12.2. The second-order valence-electron chi connectivity index (χ2n) is 4.87. The molecule has 0 aromatic heterocycles. The fourth-order valence-electron chi connectivity index (χ4n) is 2.25. The van der Waals surface area contributed by atoms with Crippen LogP contribution < -0.4 is 18.9 Å². The summed E-state index contributed by atoms with van der Waals surface area (Å²) in [6.07, 6.45) is 6.57. The summed E-state index contributed by atoms with van der Waals surface area (Å²) >= 11 is 0.